The first-order chi connectivity index (χ1) is 13.7. The van der Waals surface area contributed by atoms with Crippen molar-refractivity contribution in [3.05, 3.63) is 66.2 Å². The summed E-state index contributed by atoms with van der Waals surface area (Å²) in [6, 6.07) is 15.2. The van der Waals surface area contributed by atoms with Crippen LogP contribution in [-0.2, 0) is 22.6 Å². The van der Waals surface area contributed by atoms with Crippen molar-refractivity contribution >= 4 is 16.7 Å². The number of carbonyl (C=O) groups excluding carboxylic acids is 1. The third kappa shape index (κ3) is 4.03. The standard InChI is InChI=1S/C21H18N2O5/c1-25-17-7-6-15-11-14(4-5-16(15)12-17)13-27-20(24)9-8-19-22-21(23-28-19)18-3-2-10-26-18/h2-7,10-12H,8-9,13H2,1H3. The van der Waals surface area contributed by atoms with Gasteiger partial charge in [0.25, 0.3) is 0 Å². The Bertz CT molecular complexity index is 1090. The summed E-state index contributed by atoms with van der Waals surface area (Å²) >= 11 is 0. The van der Waals surface area contributed by atoms with Gasteiger partial charge < -0.3 is 18.4 Å². The molecule has 0 saturated heterocycles. The minimum absolute atomic E-state index is 0.157. The lowest BCUT2D eigenvalue weighted by Gasteiger charge is -2.07. The Labute approximate surface area is 160 Å². The van der Waals surface area contributed by atoms with Gasteiger partial charge in [-0.2, -0.15) is 4.98 Å². The smallest absolute Gasteiger partial charge is 0.306 e. The Morgan fingerprint density at radius 3 is 2.79 bits per heavy atom. The summed E-state index contributed by atoms with van der Waals surface area (Å²) in [5.41, 5.74) is 0.920. The molecule has 28 heavy (non-hydrogen) atoms. The molecule has 2 heterocycles. The molecule has 0 atom stereocenters. The van der Waals surface area contributed by atoms with Crippen LogP contribution in [0.25, 0.3) is 22.4 Å². The molecule has 0 unspecified atom stereocenters. The molecule has 0 aliphatic rings. The minimum atomic E-state index is -0.326. The van der Waals surface area contributed by atoms with Gasteiger partial charge in [-0.1, -0.05) is 23.4 Å². The van der Waals surface area contributed by atoms with Gasteiger partial charge in [0.15, 0.2) is 5.76 Å². The number of hydrogen-bond acceptors (Lipinski definition) is 7. The summed E-state index contributed by atoms with van der Waals surface area (Å²) < 4.78 is 20.9. The van der Waals surface area contributed by atoms with E-state index in [1.807, 2.05) is 36.4 Å². The van der Waals surface area contributed by atoms with Crippen molar-refractivity contribution in [2.75, 3.05) is 7.11 Å². The van der Waals surface area contributed by atoms with Crippen molar-refractivity contribution in [2.24, 2.45) is 0 Å². The molecule has 0 fully saturated rings. The third-order valence-corrected chi connectivity index (χ3v) is 4.26. The number of ether oxygens (including phenoxy) is 2. The first kappa shape index (κ1) is 17.8. The molecule has 0 aliphatic carbocycles. The molecule has 0 bridgehead atoms. The Hall–Kier alpha value is -3.61. The zero-order valence-electron chi connectivity index (χ0n) is 15.3. The van der Waals surface area contributed by atoms with Crippen LogP contribution in [-0.4, -0.2) is 23.2 Å². The van der Waals surface area contributed by atoms with Crippen LogP contribution in [0.1, 0.15) is 17.9 Å². The minimum Gasteiger partial charge on any atom is -0.497 e. The lowest BCUT2D eigenvalue weighted by atomic mass is 10.1. The van der Waals surface area contributed by atoms with E-state index in [9.17, 15) is 4.79 Å². The number of aromatic nitrogens is 2. The van der Waals surface area contributed by atoms with Gasteiger partial charge in [-0.25, -0.2) is 0 Å². The van der Waals surface area contributed by atoms with Crippen molar-refractivity contribution in [1.82, 2.24) is 10.1 Å². The normalized spacial score (nSPS) is 10.9. The topological polar surface area (TPSA) is 87.6 Å². The van der Waals surface area contributed by atoms with Crippen LogP contribution >= 0.6 is 0 Å². The first-order valence-electron chi connectivity index (χ1n) is 8.80. The van der Waals surface area contributed by atoms with Gasteiger partial charge in [-0.05, 0) is 46.7 Å². The fourth-order valence-electron chi connectivity index (χ4n) is 2.80. The molecule has 0 radical (unpaired) electrons. The average molecular weight is 378 g/mol. The highest BCUT2D eigenvalue weighted by Gasteiger charge is 2.13. The predicted molar refractivity (Wildman–Crippen MR) is 101 cm³/mol. The lowest BCUT2D eigenvalue weighted by molar-refractivity contribution is -0.145. The van der Waals surface area contributed by atoms with E-state index in [1.54, 1.807) is 19.2 Å². The summed E-state index contributed by atoms with van der Waals surface area (Å²) in [4.78, 5) is 16.2. The van der Waals surface area contributed by atoms with E-state index in [-0.39, 0.29) is 19.0 Å². The second-order valence-corrected chi connectivity index (χ2v) is 6.20. The van der Waals surface area contributed by atoms with Crippen LogP contribution in [0.4, 0.5) is 0 Å². The van der Waals surface area contributed by atoms with Gasteiger partial charge in [0, 0.05) is 6.42 Å². The van der Waals surface area contributed by atoms with E-state index in [0.717, 1.165) is 22.1 Å². The van der Waals surface area contributed by atoms with Crippen LogP contribution in [0, 0.1) is 0 Å². The highest BCUT2D eigenvalue weighted by molar-refractivity contribution is 5.84. The SMILES string of the molecule is COc1ccc2cc(COC(=O)CCc3nc(-c4ccco4)no3)ccc2c1. The third-order valence-electron chi connectivity index (χ3n) is 4.26. The lowest BCUT2D eigenvalue weighted by Crippen LogP contribution is -2.06. The van der Waals surface area contributed by atoms with Crippen LogP contribution < -0.4 is 4.74 Å². The summed E-state index contributed by atoms with van der Waals surface area (Å²) in [7, 11) is 1.64. The summed E-state index contributed by atoms with van der Waals surface area (Å²) in [6.45, 7) is 0.211. The zero-order valence-corrected chi connectivity index (χ0v) is 15.3. The number of aryl methyl sites for hydroxylation is 1. The number of carbonyl (C=O) groups is 1. The van der Waals surface area contributed by atoms with Crippen molar-refractivity contribution in [2.45, 2.75) is 19.4 Å². The largest absolute Gasteiger partial charge is 0.497 e. The quantitative estimate of drug-likeness (QED) is 0.446. The Kier molecular flexibility index (Phi) is 5.05. The molecule has 2 aromatic heterocycles. The number of rotatable bonds is 7. The average Bonchev–Trinajstić information content (AvgIpc) is 3.41. The Balaban J connectivity index is 1.30. The molecule has 0 N–H and O–H groups in total. The molecule has 0 spiro atoms. The molecule has 7 nitrogen and oxygen atoms in total. The Morgan fingerprint density at radius 2 is 1.96 bits per heavy atom. The van der Waals surface area contributed by atoms with Gasteiger partial charge >= 0.3 is 5.97 Å². The van der Waals surface area contributed by atoms with Crippen LogP contribution in [0.3, 0.4) is 0 Å². The number of benzene rings is 2. The molecule has 4 rings (SSSR count). The van der Waals surface area contributed by atoms with Crippen LogP contribution in [0.2, 0.25) is 0 Å². The molecular weight excluding hydrogens is 360 g/mol. The van der Waals surface area contributed by atoms with Crippen molar-refractivity contribution in [3.63, 3.8) is 0 Å². The number of hydrogen-bond donors (Lipinski definition) is 0. The molecule has 0 aliphatic heterocycles. The van der Waals surface area contributed by atoms with E-state index in [1.165, 1.54) is 6.26 Å². The van der Waals surface area contributed by atoms with E-state index >= 15 is 0 Å². The van der Waals surface area contributed by atoms with Gasteiger partial charge in [0.1, 0.15) is 12.4 Å². The molecule has 0 amide bonds. The number of esters is 1. The predicted octanol–water partition coefficient (Wildman–Crippen LogP) is 4.17. The molecule has 142 valence electrons. The first-order valence-corrected chi connectivity index (χ1v) is 8.80. The van der Waals surface area contributed by atoms with E-state index in [2.05, 4.69) is 10.1 Å². The molecular formula is C21H18N2O5. The fourth-order valence-corrected chi connectivity index (χ4v) is 2.80. The van der Waals surface area contributed by atoms with Crippen molar-refractivity contribution in [3.8, 4) is 17.3 Å². The number of methoxy groups -OCH3 is 1. The zero-order chi connectivity index (χ0) is 19.3. The molecule has 0 saturated carbocycles. The van der Waals surface area contributed by atoms with E-state index < -0.39 is 0 Å². The molecule has 7 heteroatoms. The summed E-state index contributed by atoms with van der Waals surface area (Å²) in [6.07, 6.45) is 2.00. The van der Waals surface area contributed by atoms with E-state index in [4.69, 9.17) is 18.4 Å². The van der Waals surface area contributed by atoms with Gasteiger partial charge in [-0.3, -0.25) is 4.79 Å². The highest BCUT2D eigenvalue weighted by atomic mass is 16.5. The van der Waals surface area contributed by atoms with Gasteiger partial charge in [0.05, 0.1) is 19.8 Å². The number of fused-ring (bicyclic) bond motifs is 1. The van der Waals surface area contributed by atoms with Crippen LogP contribution in [0.5, 0.6) is 5.75 Å². The van der Waals surface area contributed by atoms with Crippen molar-refractivity contribution in [1.29, 1.82) is 0 Å². The van der Waals surface area contributed by atoms with Crippen molar-refractivity contribution < 1.29 is 23.2 Å². The summed E-state index contributed by atoms with van der Waals surface area (Å²) in [5.74, 6) is 1.73. The monoisotopic (exact) mass is 378 g/mol. The highest BCUT2D eigenvalue weighted by Crippen LogP contribution is 2.22. The number of nitrogens with zero attached hydrogens (tertiary/aromatic N) is 2. The maximum atomic E-state index is 12.0. The number of furan rings is 1. The molecule has 4 aromatic rings. The van der Waals surface area contributed by atoms with Gasteiger partial charge in [-0.15, -0.1) is 0 Å². The second kappa shape index (κ2) is 7.96. The second-order valence-electron chi connectivity index (χ2n) is 6.20. The maximum Gasteiger partial charge on any atom is 0.306 e. The molecule has 2 aromatic carbocycles. The van der Waals surface area contributed by atoms with E-state index in [0.29, 0.717) is 23.9 Å². The van der Waals surface area contributed by atoms with Crippen LogP contribution in [0.15, 0.2) is 63.7 Å². The summed E-state index contributed by atoms with van der Waals surface area (Å²) in [5, 5.41) is 5.96. The maximum absolute atomic E-state index is 12.0. The Morgan fingerprint density at radius 1 is 1.11 bits per heavy atom. The van der Waals surface area contributed by atoms with Gasteiger partial charge in [0.2, 0.25) is 11.7 Å². The fraction of sp³-hybridized carbons (Fsp3) is 0.190.